The van der Waals surface area contributed by atoms with E-state index in [4.69, 9.17) is 5.11 Å². The van der Waals surface area contributed by atoms with E-state index in [1.807, 2.05) is 11.8 Å². The lowest BCUT2D eigenvalue weighted by Crippen LogP contribution is -2.25. The molecule has 6 heteroatoms. The van der Waals surface area contributed by atoms with Gasteiger partial charge in [0, 0.05) is 12.2 Å². The molecule has 5 nitrogen and oxygen atoms in total. The molecule has 2 N–H and O–H groups in total. The van der Waals surface area contributed by atoms with Crippen molar-refractivity contribution >= 4 is 23.7 Å². The van der Waals surface area contributed by atoms with E-state index in [0.717, 1.165) is 24.3 Å². The second kappa shape index (κ2) is 5.16. The van der Waals surface area contributed by atoms with E-state index in [1.165, 1.54) is 12.3 Å². The molecule has 1 aromatic heterocycles. The Hall–Kier alpha value is -1.30. The van der Waals surface area contributed by atoms with Gasteiger partial charge in [0.05, 0.1) is 0 Å². The highest BCUT2D eigenvalue weighted by Gasteiger charge is 2.15. The molecule has 0 aliphatic carbocycles. The molecule has 1 saturated heterocycles. The number of anilines is 1. The van der Waals surface area contributed by atoms with Gasteiger partial charge in [-0.15, -0.1) is 0 Å². The highest BCUT2D eigenvalue weighted by Crippen LogP contribution is 2.19. The first kappa shape index (κ1) is 11.2. The lowest BCUT2D eigenvalue weighted by molar-refractivity contribution is 0.0690. The second-order valence-electron chi connectivity index (χ2n) is 3.60. The summed E-state index contributed by atoms with van der Waals surface area (Å²) >= 11 is 1.94. The van der Waals surface area contributed by atoms with Crippen LogP contribution in [-0.2, 0) is 0 Å². The predicted molar refractivity (Wildman–Crippen MR) is 63.0 cm³/mol. The summed E-state index contributed by atoms with van der Waals surface area (Å²) in [5.74, 6) is 1.66. The van der Waals surface area contributed by atoms with Crippen LogP contribution in [0, 0.1) is 0 Å². The molecule has 0 unspecified atom stereocenters. The van der Waals surface area contributed by atoms with Crippen LogP contribution in [-0.4, -0.2) is 38.6 Å². The molecule has 2 rings (SSSR count). The van der Waals surface area contributed by atoms with Crippen LogP contribution in [0.3, 0.4) is 0 Å². The Morgan fingerprint density at radius 2 is 2.25 bits per heavy atom. The number of carboxylic acids is 1. The third-order valence-electron chi connectivity index (χ3n) is 2.43. The lowest BCUT2D eigenvalue weighted by Gasteiger charge is -2.22. The topological polar surface area (TPSA) is 75.1 Å². The van der Waals surface area contributed by atoms with Crippen LogP contribution < -0.4 is 5.32 Å². The second-order valence-corrected chi connectivity index (χ2v) is 4.83. The Balaban J connectivity index is 2.02. The van der Waals surface area contributed by atoms with Gasteiger partial charge in [-0.3, -0.25) is 0 Å². The summed E-state index contributed by atoms with van der Waals surface area (Å²) < 4.78 is 0. The van der Waals surface area contributed by atoms with Gasteiger partial charge in [0.15, 0.2) is 5.69 Å². The quantitative estimate of drug-likeness (QED) is 0.832. The van der Waals surface area contributed by atoms with Crippen molar-refractivity contribution in [3.05, 3.63) is 18.0 Å². The molecule has 1 fully saturated rings. The van der Waals surface area contributed by atoms with Crippen molar-refractivity contribution < 1.29 is 9.90 Å². The summed E-state index contributed by atoms with van der Waals surface area (Å²) in [5, 5.41) is 12.0. The van der Waals surface area contributed by atoms with Crippen molar-refractivity contribution in [1.29, 1.82) is 0 Å². The first-order chi connectivity index (χ1) is 7.75. The number of rotatable bonds is 3. The average Bonchev–Trinajstić information content (AvgIpc) is 2.30. The van der Waals surface area contributed by atoms with Gasteiger partial charge < -0.3 is 10.4 Å². The Labute approximate surface area is 97.7 Å². The number of thioether (sulfide) groups is 1. The molecule has 0 saturated carbocycles. The molecular weight excluding hydrogens is 226 g/mol. The third kappa shape index (κ3) is 2.85. The molecule has 0 aromatic carbocycles. The maximum atomic E-state index is 10.7. The fourth-order valence-corrected chi connectivity index (χ4v) is 2.68. The van der Waals surface area contributed by atoms with Crippen molar-refractivity contribution in [2.24, 2.45) is 0 Å². The molecule has 1 aliphatic rings. The zero-order valence-electron chi connectivity index (χ0n) is 8.72. The summed E-state index contributed by atoms with van der Waals surface area (Å²) in [6, 6.07) is 1.76. The molecule has 0 bridgehead atoms. The maximum absolute atomic E-state index is 10.7. The van der Waals surface area contributed by atoms with Crippen LogP contribution in [0.1, 0.15) is 23.3 Å². The number of nitrogens with zero attached hydrogens (tertiary/aromatic N) is 2. The Morgan fingerprint density at radius 1 is 1.50 bits per heavy atom. The van der Waals surface area contributed by atoms with E-state index < -0.39 is 5.97 Å². The van der Waals surface area contributed by atoms with Crippen LogP contribution in [0.2, 0.25) is 0 Å². The largest absolute Gasteiger partial charge is 0.477 e. The van der Waals surface area contributed by atoms with E-state index in [-0.39, 0.29) is 5.69 Å². The van der Waals surface area contributed by atoms with Gasteiger partial charge in [0.2, 0.25) is 5.95 Å². The van der Waals surface area contributed by atoms with Gasteiger partial charge in [-0.2, -0.15) is 11.8 Å². The number of aromatic nitrogens is 2. The molecule has 2 heterocycles. The molecule has 1 aromatic rings. The predicted octanol–water partition coefficient (Wildman–Crippen LogP) is 1.48. The third-order valence-corrected chi connectivity index (χ3v) is 3.48. The summed E-state index contributed by atoms with van der Waals surface area (Å²) in [4.78, 5) is 18.7. The van der Waals surface area contributed by atoms with Crippen molar-refractivity contribution in [3.63, 3.8) is 0 Å². The first-order valence-corrected chi connectivity index (χ1v) is 6.32. The molecular formula is C10H13N3O2S. The van der Waals surface area contributed by atoms with Crippen LogP contribution in [0.25, 0.3) is 0 Å². The van der Waals surface area contributed by atoms with Gasteiger partial charge in [0.25, 0.3) is 0 Å². The summed E-state index contributed by atoms with van der Waals surface area (Å²) in [6.45, 7) is 0. The zero-order chi connectivity index (χ0) is 11.4. The number of hydrogen-bond donors (Lipinski definition) is 2. The Morgan fingerprint density at radius 3 is 2.94 bits per heavy atom. The average molecular weight is 239 g/mol. The van der Waals surface area contributed by atoms with Gasteiger partial charge in [-0.25, -0.2) is 14.8 Å². The molecule has 1 aliphatic heterocycles. The lowest BCUT2D eigenvalue weighted by atomic mass is 10.2. The van der Waals surface area contributed by atoms with E-state index in [9.17, 15) is 4.79 Å². The number of aromatic carboxylic acids is 1. The minimum Gasteiger partial charge on any atom is -0.477 e. The van der Waals surface area contributed by atoms with Crippen LogP contribution in [0.15, 0.2) is 12.3 Å². The highest BCUT2D eigenvalue weighted by molar-refractivity contribution is 7.99. The zero-order valence-corrected chi connectivity index (χ0v) is 9.54. The van der Waals surface area contributed by atoms with Gasteiger partial charge in [0.1, 0.15) is 0 Å². The number of carboxylic acid groups (broad SMARTS) is 1. The Kier molecular flexibility index (Phi) is 3.61. The van der Waals surface area contributed by atoms with E-state index in [1.54, 1.807) is 0 Å². The molecule has 0 radical (unpaired) electrons. The minimum atomic E-state index is -1.02. The smallest absolute Gasteiger partial charge is 0.354 e. The normalized spacial score (nSPS) is 17.0. The molecule has 16 heavy (non-hydrogen) atoms. The fourth-order valence-electron chi connectivity index (χ4n) is 1.57. The van der Waals surface area contributed by atoms with Crippen LogP contribution in [0.4, 0.5) is 5.95 Å². The molecule has 0 amide bonds. The Bertz CT molecular complexity index is 380. The van der Waals surface area contributed by atoms with Crippen LogP contribution in [0.5, 0.6) is 0 Å². The van der Waals surface area contributed by atoms with Crippen molar-refractivity contribution in [1.82, 2.24) is 9.97 Å². The minimum absolute atomic E-state index is 0.0303. The van der Waals surface area contributed by atoms with Gasteiger partial charge in [-0.1, -0.05) is 0 Å². The molecule has 86 valence electrons. The number of hydrogen-bond acceptors (Lipinski definition) is 5. The van der Waals surface area contributed by atoms with Crippen molar-refractivity contribution in [2.45, 2.75) is 18.9 Å². The molecule has 0 spiro atoms. The van der Waals surface area contributed by atoms with E-state index in [2.05, 4.69) is 15.3 Å². The van der Waals surface area contributed by atoms with E-state index >= 15 is 0 Å². The highest BCUT2D eigenvalue weighted by atomic mass is 32.2. The maximum Gasteiger partial charge on any atom is 0.354 e. The van der Waals surface area contributed by atoms with Crippen molar-refractivity contribution in [3.8, 4) is 0 Å². The standard InChI is InChI=1S/C10H13N3O2S/c14-9(15)8-1-4-11-10(13-8)12-7-2-5-16-6-3-7/h1,4,7H,2-3,5-6H2,(H,14,15)(H,11,12,13). The van der Waals surface area contributed by atoms with Gasteiger partial charge in [-0.05, 0) is 30.4 Å². The number of carbonyl (C=O) groups is 1. The van der Waals surface area contributed by atoms with E-state index in [0.29, 0.717) is 12.0 Å². The first-order valence-electron chi connectivity index (χ1n) is 5.16. The monoisotopic (exact) mass is 239 g/mol. The summed E-state index contributed by atoms with van der Waals surface area (Å²) in [5.41, 5.74) is 0.0303. The number of nitrogens with one attached hydrogen (secondary N) is 1. The summed E-state index contributed by atoms with van der Waals surface area (Å²) in [6.07, 6.45) is 3.62. The van der Waals surface area contributed by atoms with Gasteiger partial charge >= 0.3 is 5.97 Å². The van der Waals surface area contributed by atoms with Crippen molar-refractivity contribution in [2.75, 3.05) is 16.8 Å². The van der Waals surface area contributed by atoms with Crippen LogP contribution >= 0.6 is 11.8 Å². The summed E-state index contributed by atoms with van der Waals surface area (Å²) in [7, 11) is 0. The fraction of sp³-hybridized carbons (Fsp3) is 0.500. The SMILES string of the molecule is O=C(O)c1ccnc(NC2CCSCC2)n1. The molecule has 0 atom stereocenters.